The fraction of sp³-hybridized carbons (Fsp3) is 0.500. The van der Waals surface area contributed by atoms with Crippen molar-refractivity contribution in [2.45, 2.75) is 6.92 Å². The van der Waals surface area contributed by atoms with E-state index in [9.17, 15) is 34.5 Å². The Labute approximate surface area is 130 Å². The largest absolute Gasteiger partial charge is 0.673 e. The molecule has 0 heterocycles. The Kier molecular flexibility index (Phi) is 13.7. The van der Waals surface area contributed by atoms with Crippen LogP contribution >= 0.6 is 0 Å². The summed E-state index contributed by atoms with van der Waals surface area (Å²) >= 11 is 0. The number of allylic oxidation sites excluding steroid dienone is 3. The lowest BCUT2D eigenvalue weighted by Gasteiger charge is -2.04. The van der Waals surface area contributed by atoms with Crippen molar-refractivity contribution in [3.8, 4) is 0 Å². The average Bonchev–Trinajstić information content (AvgIpc) is 2.06. The maximum atomic E-state index is 9.75. The minimum absolute atomic E-state index is 1.06. The molecule has 0 aromatic heterocycles. The molecule has 0 unspecified atom stereocenters. The Morgan fingerprint density at radius 1 is 0.913 bits per heavy atom. The molecule has 0 aliphatic carbocycles. The first-order valence-electron chi connectivity index (χ1n) is 6.06. The third-order valence-electron chi connectivity index (χ3n) is 1.23. The summed E-state index contributed by atoms with van der Waals surface area (Å²) in [6.45, 7) is 1.99. The van der Waals surface area contributed by atoms with E-state index in [1.165, 1.54) is 0 Å². The monoisotopic (exact) mass is 357 g/mol. The molecule has 0 aromatic carbocycles. The predicted octanol–water partition coefficient (Wildman–Crippen LogP) is 2.52. The fourth-order valence-corrected chi connectivity index (χ4v) is 0.989. The quantitative estimate of drug-likeness (QED) is 0.272. The van der Waals surface area contributed by atoms with Crippen molar-refractivity contribution in [2.24, 2.45) is 0 Å². The van der Waals surface area contributed by atoms with Gasteiger partial charge in [-0.2, -0.15) is 0 Å². The van der Waals surface area contributed by atoms with Gasteiger partial charge in [0.25, 0.3) is 0 Å². The molecular weight excluding hydrogens is 336 g/mol. The normalized spacial score (nSPS) is 12.4. The zero-order valence-corrected chi connectivity index (χ0v) is 13.5. The van der Waals surface area contributed by atoms with Crippen molar-refractivity contribution in [3.63, 3.8) is 0 Å². The second-order valence-corrected chi connectivity index (χ2v) is 4.67. The van der Waals surface area contributed by atoms with Crippen LogP contribution in [0.3, 0.4) is 0 Å². The summed E-state index contributed by atoms with van der Waals surface area (Å²) in [5.74, 6) is 0. The van der Waals surface area contributed by atoms with Crippen molar-refractivity contribution in [2.75, 3.05) is 28.2 Å². The van der Waals surface area contributed by atoms with Gasteiger partial charge in [0.2, 0.25) is 0 Å². The molecule has 0 aliphatic rings. The number of halogens is 8. The standard InChI is InChI=1S/C10H20N3.2BF4/c1-9(11)6-10(7-12(2)3)8-13(4)5;2*2-1(3,4)5/h6-8H,11H2,1-5H3;;/q+1;2*-1/p+1. The van der Waals surface area contributed by atoms with Gasteiger partial charge in [-0.15, -0.1) is 0 Å². The first-order chi connectivity index (χ1) is 9.91. The number of hydrogen-bond donors (Lipinski definition) is 1. The Balaban J connectivity index is -0.000000329. The zero-order valence-electron chi connectivity index (χ0n) is 13.5. The van der Waals surface area contributed by atoms with Crippen LogP contribution in [0.25, 0.3) is 0 Å². The van der Waals surface area contributed by atoms with Gasteiger partial charge < -0.3 is 45.2 Å². The van der Waals surface area contributed by atoms with Crippen LogP contribution in [0, 0.1) is 0 Å². The summed E-state index contributed by atoms with van der Waals surface area (Å²) in [5, 5.41) is 0. The van der Waals surface area contributed by atoms with Crippen LogP contribution in [0.4, 0.5) is 34.5 Å². The summed E-state index contributed by atoms with van der Waals surface area (Å²) in [6.07, 6.45) is 6.18. The molecule has 3 N–H and O–H groups in total. The topological polar surface area (TPSA) is 33.9 Å². The zero-order chi connectivity index (χ0) is 19.4. The van der Waals surface area contributed by atoms with Gasteiger partial charge in [0, 0.05) is 33.3 Å². The molecule has 0 saturated heterocycles. The van der Waals surface area contributed by atoms with Crippen molar-refractivity contribution < 1.29 is 44.8 Å². The van der Waals surface area contributed by atoms with Crippen molar-refractivity contribution in [1.29, 1.82) is 0 Å². The SMILES string of the molecule is CC([NH3+])=CC(=CN(C)C)C=[N+](C)C.F[B-](F)(F)F.F[B-](F)(F)F. The molecule has 0 spiro atoms. The van der Waals surface area contributed by atoms with E-state index in [1.54, 1.807) is 0 Å². The Morgan fingerprint density at radius 2 is 1.22 bits per heavy atom. The first-order valence-corrected chi connectivity index (χ1v) is 6.06. The molecule has 0 amide bonds. The van der Waals surface area contributed by atoms with E-state index in [-0.39, 0.29) is 0 Å². The molecule has 0 aliphatic heterocycles. The van der Waals surface area contributed by atoms with Crippen molar-refractivity contribution in [1.82, 2.24) is 4.90 Å². The lowest BCUT2D eigenvalue weighted by atomic mass is 10.2. The fourth-order valence-electron chi connectivity index (χ4n) is 0.989. The van der Waals surface area contributed by atoms with Crippen molar-refractivity contribution >= 4 is 20.7 Å². The van der Waals surface area contributed by atoms with E-state index in [2.05, 4.69) is 24.2 Å². The molecule has 0 aromatic rings. The number of quaternary nitrogens is 1. The van der Waals surface area contributed by atoms with E-state index in [1.807, 2.05) is 44.6 Å². The van der Waals surface area contributed by atoms with E-state index >= 15 is 0 Å². The second-order valence-electron chi connectivity index (χ2n) is 4.67. The van der Waals surface area contributed by atoms with Crippen LogP contribution in [0.1, 0.15) is 6.92 Å². The molecule has 0 atom stereocenters. The minimum atomic E-state index is -6.00. The van der Waals surface area contributed by atoms with E-state index < -0.39 is 14.5 Å². The minimum Gasteiger partial charge on any atom is -0.418 e. The summed E-state index contributed by atoms with van der Waals surface area (Å²) in [6, 6.07) is 0. The van der Waals surface area contributed by atoms with Crippen LogP contribution in [-0.4, -0.2) is 58.4 Å². The van der Waals surface area contributed by atoms with Crippen molar-refractivity contribution in [3.05, 3.63) is 23.5 Å². The van der Waals surface area contributed by atoms with Gasteiger partial charge in [0.15, 0.2) is 6.21 Å². The Morgan fingerprint density at radius 3 is 1.39 bits per heavy atom. The molecule has 0 saturated carbocycles. The third-order valence-corrected chi connectivity index (χ3v) is 1.23. The molecule has 0 radical (unpaired) electrons. The predicted molar refractivity (Wildman–Crippen MR) is 77.0 cm³/mol. The van der Waals surface area contributed by atoms with Gasteiger partial charge in [-0.25, -0.2) is 4.58 Å². The highest BCUT2D eigenvalue weighted by atomic mass is 19.5. The third kappa shape index (κ3) is 63.7. The molecule has 0 fully saturated rings. The molecule has 23 heavy (non-hydrogen) atoms. The summed E-state index contributed by atoms with van der Waals surface area (Å²) in [5.41, 5.74) is 6.07. The van der Waals surface area contributed by atoms with Crippen LogP contribution in [0.2, 0.25) is 0 Å². The van der Waals surface area contributed by atoms with Crippen LogP contribution in [-0.2, 0) is 0 Å². The maximum Gasteiger partial charge on any atom is 0.673 e. The smallest absolute Gasteiger partial charge is 0.418 e. The van der Waals surface area contributed by atoms with Crippen LogP contribution < -0.4 is 5.73 Å². The maximum absolute atomic E-state index is 9.75. The first kappa shape index (κ1) is 26.4. The Bertz CT molecular complexity index is 361. The van der Waals surface area contributed by atoms with Gasteiger partial charge in [0.05, 0.1) is 5.57 Å². The number of hydrogen-bond acceptors (Lipinski definition) is 1. The lowest BCUT2D eigenvalue weighted by molar-refractivity contribution is -0.458. The lowest BCUT2D eigenvalue weighted by Crippen LogP contribution is -2.45. The van der Waals surface area contributed by atoms with Gasteiger partial charge in [-0.3, -0.25) is 0 Å². The van der Waals surface area contributed by atoms with Gasteiger partial charge >= 0.3 is 14.5 Å². The van der Waals surface area contributed by atoms with Gasteiger partial charge in [-0.05, 0) is 0 Å². The summed E-state index contributed by atoms with van der Waals surface area (Å²) in [7, 11) is -3.96. The molecular formula is C10H21B2F8N3. The molecule has 13 heteroatoms. The van der Waals surface area contributed by atoms with Crippen LogP contribution in [0.15, 0.2) is 23.5 Å². The molecule has 0 bridgehead atoms. The highest BCUT2D eigenvalue weighted by molar-refractivity contribution is 6.50. The summed E-state index contributed by atoms with van der Waals surface area (Å²) in [4.78, 5) is 2.02. The van der Waals surface area contributed by atoms with E-state index in [4.69, 9.17) is 0 Å². The van der Waals surface area contributed by atoms with E-state index in [0.717, 1.165) is 11.3 Å². The van der Waals surface area contributed by atoms with E-state index in [0.29, 0.717) is 0 Å². The highest BCUT2D eigenvalue weighted by Crippen LogP contribution is 2.07. The Hall–Kier alpha value is -1.52. The summed E-state index contributed by atoms with van der Waals surface area (Å²) < 4.78 is 80.0. The van der Waals surface area contributed by atoms with Gasteiger partial charge in [-0.1, -0.05) is 0 Å². The van der Waals surface area contributed by atoms with Crippen LogP contribution in [0.5, 0.6) is 0 Å². The highest BCUT2D eigenvalue weighted by Gasteiger charge is 2.21. The second kappa shape index (κ2) is 12.0. The average molecular weight is 357 g/mol. The van der Waals surface area contributed by atoms with Gasteiger partial charge in [0.1, 0.15) is 19.8 Å². The molecule has 0 rings (SSSR count). The number of nitrogens with zero attached hydrogens (tertiary/aromatic N) is 2. The molecule has 138 valence electrons. The number of rotatable bonds is 3. The molecule has 3 nitrogen and oxygen atoms in total.